The minimum atomic E-state index is 0.0213. The lowest BCUT2D eigenvalue weighted by molar-refractivity contribution is 0.0607. The van der Waals surface area contributed by atoms with Crippen LogP contribution in [0, 0.1) is 6.92 Å². The average Bonchev–Trinajstić information content (AvgIpc) is 2.44. The molecule has 1 amide bonds. The molecule has 5 nitrogen and oxygen atoms in total. The van der Waals surface area contributed by atoms with Crippen LogP contribution in [0.25, 0.3) is 0 Å². The molecule has 1 aromatic rings. The molecule has 0 aliphatic carbocycles. The Morgan fingerprint density at radius 3 is 2.92 bits per heavy atom. The Kier molecular flexibility index (Phi) is 1.81. The van der Waals surface area contributed by atoms with Gasteiger partial charge in [0, 0.05) is 24.8 Å². The normalized spacial score (nSPS) is 17.2. The van der Waals surface area contributed by atoms with Gasteiger partial charge in [0.25, 0.3) is 5.91 Å². The molecule has 1 saturated heterocycles. The molecule has 0 saturated carbocycles. The number of rotatable bonds is 1. The molecule has 1 aromatic heterocycles. The Bertz CT molecular complexity index is 327. The first-order valence-electron chi connectivity index (χ1n) is 4.23. The summed E-state index contributed by atoms with van der Waals surface area (Å²) < 4.78 is 0. The molecule has 1 fully saturated rings. The molecule has 0 unspecified atom stereocenters. The SMILES string of the molecule is Cc1[nH]ncc1C(=O)N1CC(N)C1. The van der Waals surface area contributed by atoms with Crippen molar-refractivity contribution in [1.82, 2.24) is 15.1 Å². The molecule has 0 spiro atoms. The summed E-state index contributed by atoms with van der Waals surface area (Å²) >= 11 is 0. The molecule has 0 aromatic carbocycles. The molecule has 70 valence electrons. The molecular formula is C8H12N4O. The summed E-state index contributed by atoms with van der Waals surface area (Å²) in [7, 11) is 0. The van der Waals surface area contributed by atoms with Crippen molar-refractivity contribution in [1.29, 1.82) is 0 Å². The molecule has 0 atom stereocenters. The lowest BCUT2D eigenvalue weighted by Crippen LogP contribution is -2.57. The van der Waals surface area contributed by atoms with E-state index in [2.05, 4.69) is 10.2 Å². The fraction of sp³-hybridized carbons (Fsp3) is 0.500. The Hall–Kier alpha value is -1.36. The number of amides is 1. The zero-order valence-corrected chi connectivity index (χ0v) is 7.45. The van der Waals surface area contributed by atoms with Crippen LogP contribution in [0.3, 0.4) is 0 Å². The second-order valence-electron chi connectivity index (χ2n) is 3.38. The minimum Gasteiger partial charge on any atom is -0.335 e. The van der Waals surface area contributed by atoms with Crippen LogP contribution >= 0.6 is 0 Å². The summed E-state index contributed by atoms with van der Waals surface area (Å²) in [6.07, 6.45) is 1.56. The van der Waals surface area contributed by atoms with E-state index >= 15 is 0 Å². The van der Waals surface area contributed by atoms with Crippen LogP contribution < -0.4 is 5.73 Å². The molecular weight excluding hydrogens is 168 g/mol. The fourth-order valence-electron chi connectivity index (χ4n) is 1.42. The van der Waals surface area contributed by atoms with Gasteiger partial charge in [0.15, 0.2) is 0 Å². The van der Waals surface area contributed by atoms with Crippen LogP contribution in [0.1, 0.15) is 16.1 Å². The predicted molar refractivity (Wildman–Crippen MR) is 47.2 cm³/mol. The highest BCUT2D eigenvalue weighted by Gasteiger charge is 2.29. The highest BCUT2D eigenvalue weighted by atomic mass is 16.2. The zero-order chi connectivity index (χ0) is 9.42. The number of nitrogens with one attached hydrogen (secondary N) is 1. The summed E-state index contributed by atoms with van der Waals surface area (Å²) in [5, 5.41) is 6.53. The van der Waals surface area contributed by atoms with Gasteiger partial charge in [-0.05, 0) is 6.92 Å². The number of H-pyrrole nitrogens is 1. The van der Waals surface area contributed by atoms with Gasteiger partial charge in [-0.15, -0.1) is 0 Å². The lowest BCUT2D eigenvalue weighted by atomic mass is 10.1. The first-order valence-corrected chi connectivity index (χ1v) is 4.23. The van der Waals surface area contributed by atoms with Crippen molar-refractivity contribution < 1.29 is 4.79 Å². The number of likely N-dealkylation sites (tertiary alicyclic amines) is 1. The van der Waals surface area contributed by atoms with E-state index in [9.17, 15) is 4.79 Å². The van der Waals surface area contributed by atoms with E-state index in [-0.39, 0.29) is 11.9 Å². The van der Waals surface area contributed by atoms with E-state index < -0.39 is 0 Å². The number of aryl methyl sites for hydroxylation is 1. The number of aromatic nitrogens is 2. The van der Waals surface area contributed by atoms with E-state index in [1.54, 1.807) is 11.1 Å². The number of aromatic amines is 1. The minimum absolute atomic E-state index is 0.0213. The molecule has 0 bridgehead atoms. The van der Waals surface area contributed by atoms with Crippen molar-refractivity contribution in [2.24, 2.45) is 5.73 Å². The number of nitrogens with two attached hydrogens (primary N) is 1. The Labute approximate surface area is 75.9 Å². The largest absolute Gasteiger partial charge is 0.335 e. The number of hydrogen-bond donors (Lipinski definition) is 2. The topological polar surface area (TPSA) is 75.0 Å². The summed E-state index contributed by atoms with van der Waals surface area (Å²) in [6, 6.07) is 0.149. The van der Waals surface area contributed by atoms with Gasteiger partial charge in [-0.2, -0.15) is 5.10 Å². The number of carbonyl (C=O) groups excluding carboxylic acids is 1. The maximum absolute atomic E-state index is 11.7. The third-order valence-electron chi connectivity index (χ3n) is 2.26. The van der Waals surface area contributed by atoms with Gasteiger partial charge in [0.1, 0.15) is 0 Å². The van der Waals surface area contributed by atoms with Crippen molar-refractivity contribution in [2.45, 2.75) is 13.0 Å². The summed E-state index contributed by atoms with van der Waals surface area (Å²) in [5.74, 6) is 0.0213. The fourth-order valence-corrected chi connectivity index (χ4v) is 1.42. The van der Waals surface area contributed by atoms with Crippen molar-refractivity contribution in [3.8, 4) is 0 Å². The third kappa shape index (κ3) is 1.31. The van der Waals surface area contributed by atoms with E-state index in [1.807, 2.05) is 6.92 Å². The Balaban J connectivity index is 2.10. The summed E-state index contributed by atoms with van der Waals surface area (Å²) in [5.41, 5.74) is 7.04. The van der Waals surface area contributed by atoms with Gasteiger partial charge in [0.05, 0.1) is 11.8 Å². The van der Waals surface area contributed by atoms with E-state index in [0.29, 0.717) is 18.7 Å². The maximum Gasteiger partial charge on any atom is 0.257 e. The average molecular weight is 180 g/mol. The van der Waals surface area contributed by atoms with Gasteiger partial charge in [-0.3, -0.25) is 9.89 Å². The maximum atomic E-state index is 11.7. The van der Waals surface area contributed by atoms with Gasteiger partial charge in [0.2, 0.25) is 0 Å². The number of carbonyl (C=O) groups is 1. The smallest absolute Gasteiger partial charge is 0.257 e. The second-order valence-corrected chi connectivity index (χ2v) is 3.38. The van der Waals surface area contributed by atoms with Crippen LogP contribution in [-0.2, 0) is 0 Å². The summed E-state index contributed by atoms with van der Waals surface area (Å²) in [6.45, 7) is 3.15. The van der Waals surface area contributed by atoms with Gasteiger partial charge in [-0.25, -0.2) is 0 Å². The molecule has 0 radical (unpaired) electrons. The van der Waals surface area contributed by atoms with Crippen LogP contribution in [0.15, 0.2) is 6.20 Å². The van der Waals surface area contributed by atoms with Crippen molar-refractivity contribution >= 4 is 5.91 Å². The highest BCUT2D eigenvalue weighted by molar-refractivity contribution is 5.95. The van der Waals surface area contributed by atoms with E-state index in [0.717, 1.165) is 5.69 Å². The second kappa shape index (κ2) is 2.85. The molecule has 2 heterocycles. The monoisotopic (exact) mass is 180 g/mol. The van der Waals surface area contributed by atoms with E-state index in [4.69, 9.17) is 5.73 Å². The van der Waals surface area contributed by atoms with Crippen molar-refractivity contribution in [3.63, 3.8) is 0 Å². The molecule has 1 aliphatic heterocycles. The molecule has 2 rings (SSSR count). The molecule has 5 heteroatoms. The van der Waals surface area contributed by atoms with Gasteiger partial charge in [-0.1, -0.05) is 0 Å². The highest BCUT2D eigenvalue weighted by Crippen LogP contribution is 2.13. The van der Waals surface area contributed by atoms with Gasteiger partial charge >= 0.3 is 0 Å². The zero-order valence-electron chi connectivity index (χ0n) is 7.45. The third-order valence-corrected chi connectivity index (χ3v) is 2.26. The molecule has 13 heavy (non-hydrogen) atoms. The first-order chi connectivity index (χ1) is 6.18. The standard InChI is InChI=1S/C8H12N4O/c1-5-7(2-10-11-5)8(13)12-3-6(9)4-12/h2,6H,3-4,9H2,1H3,(H,10,11). The van der Waals surface area contributed by atoms with Gasteiger partial charge < -0.3 is 10.6 Å². The number of nitrogens with zero attached hydrogens (tertiary/aromatic N) is 2. The lowest BCUT2D eigenvalue weighted by Gasteiger charge is -2.36. The Morgan fingerprint density at radius 1 is 1.77 bits per heavy atom. The van der Waals surface area contributed by atoms with Crippen LogP contribution in [-0.4, -0.2) is 40.1 Å². The van der Waals surface area contributed by atoms with Crippen molar-refractivity contribution in [3.05, 3.63) is 17.5 Å². The Morgan fingerprint density at radius 2 is 2.46 bits per heavy atom. The first kappa shape index (κ1) is 8.25. The van der Waals surface area contributed by atoms with Crippen LogP contribution in [0.2, 0.25) is 0 Å². The quantitative estimate of drug-likeness (QED) is 0.612. The predicted octanol–water partition coefficient (Wildman–Crippen LogP) is -0.499. The van der Waals surface area contributed by atoms with E-state index in [1.165, 1.54) is 0 Å². The van der Waals surface area contributed by atoms with Crippen molar-refractivity contribution in [2.75, 3.05) is 13.1 Å². The van der Waals surface area contributed by atoms with Crippen LogP contribution in [0.5, 0.6) is 0 Å². The molecule has 3 N–H and O–H groups in total. The van der Waals surface area contributed by atoms with Crippen LogP contribution in [0.4, 0.5) is 0 Å². The molecule has 1 aliphatic rings. The summed E-state index contributed by atoms with van der Waals surface area (Å²) in [4.78, 5) is 13.4. The number of hydrogen-bond acceptors (Lipinski definition) is 3.